The summed E-state index contributed by atoms with van der Waals surface area (Å²) >= 11 is 0. The summed E-state index contributed by atoms with van der Waals surface area (Å²) in [6.07, 6.45) is 10.1. The van der Waals surface area contributed by atoms with E-state index in [0.29, 0.717) is 39.4 Å². The van der Waals surface area contributed by atoms with Crippen molar-refractivity contribution in [1.29, 1.82) is 0 Å². The van der Waals surface area contributed by atoms with Crippen LogP contribution in [0.2, 0.25) is 0 Å². The summed E-state index contributed by atoms with van der Waals surface area (Å²) < 4.78 is 5.36. The van der Waals surface area contributed by atoms with E-state index < -0.39 is 0 Å². The molecule has 2 amide bonds. The highest BCUT2D eigenvalue weighted by molar-refractivity contribution is 5.93. The average molecular weight is 264 g/mol. The zero-order chi connectivity index (χ0) is 14.7. The van der Waals surface area contributed by atoms with Gasteiger partial charge in [0, 0.05) is 26.2 Å². The number of nitrogens with zero attached hydrogens (tertiary/aromatic N) is 2. The summed E-state index contributed by atoms with van der Waals surface area (Å²) in [4.78, 5) is 25.5. The van der Waals surface area contributed by atoms with Gasteiger partial charge in [-0.2, -0.15) is 0 Å². The number of terminal acetylenes is 2. The van der Waals surface area contributed by atoms with E-state index in [1.54, 1.807) is 0 Å². The smallest absolute Gasteiger partial charge is 0.298 e. The number of hydrogen-bond acceptors (Lipinski definition) is 3. The van der Waals surface area contributed by atoms with Crippen LogP contribution in [0.3, 0.4) is 0 Å². The zero-order valence-electron chi connectivity index (χ0n) is 11.5. The third kappa shape index (κ3) is 6.49. The fourth-order valence-corrected chi connectivity index (χ4v) is 1.44. The predicted molar refractivity (Wildman–Crippen MR) is 73.0 cm³/mol. The fourth-order valence-electron chi connectivity index (χ4n) is 1.44. The molecule has 0 aromatic carbocycles. The van der Waals surface area contributed by atoms with Gasteiger partial charge in [0.05, 0.1) is 13.2 Å². The molecule has 0 aliphatic rings. The molecule has 0 rings (SSSR count). The molecule has 5 heteroatoms. The summed E-state index contributed by atoms with van der Waals surface area (Å²) in [6, 6.07) is 0. The third-order valence-electron chi connectivity index (χ3n) is 2.60. The van der Waals surface area contributed by atoms with Gasteiger partial charge in [-0.15, -0.1) is 12.8 Å². The molecule has 0 saturated heterocycles. The summed E-state index contributed by atoms with van der Waals surface area (Å²) in [5.74, 6) is 3.44. The van der Waals surface area contributed by atoms with Crippen molar-refractivity contribution >= 4 is 11.8 Å². The van der Waals surface area contributed by atoms with E-state index in [4.69, 9.17) is 17.6 Å². The molecule has 5 nitrogen and oxygen atoms in total. The van der Waals surface area contributed by atoms with Crippen molar-refractivity contribution in [2.75, 3.05) is 39.4 Å². The highest BCUT2D eigenvalue weighted by Crippen LogP contribution is 1.92. The molecule has 0 aromatic heterocycles. The van der Waals surface area contributed by atoms with Gasteiger partial charge in [-0.25, -0.2) is 0 Å². The van der Waals surface area contributed by atoms with E-state index in [9.17, 15) is 9.59 Å². The highest BCUT2D eigenvalue weighted by Gasteiger charge is 2.09. The first-order valence-electron chi connectivity index (χ1n) is 6.19. The second-order valence-corrected chi connectivity index (χ2v) is 3.67. The lowest BCUT2D eigenvalue weighted by Gasteiger charge is -2.20. The number of ether oxygens (including phenoxy) is 1. The van der Waals surface area contributed by atoms with Crippen LogP contribution >= 0.6 is 0 Å². The van der Waals surface area contributed by atoms with Crippen LogP contribution in [0.25, 0.3) is 0 Å². The van der Waals surface area contributed by atoms with Crippen LogP contribution < -0.4 is 0 Å². The Morgan fingerprint density at radius 1 is 0.947 bits per heavy atom. The van der Waals surface area contributed by atoms with Crippen LogP contribution in [0.5, 0.6) is 0 Å². The van der Waals surface area contributed by atoms with Crippen LogP contribution in [0.1, 0.15) is 13.8 Å². The summed E-state index contributed by atoms with van der Waals surface area (Å²) in [6.45, 7) is 6.42. The molecule has 0 aliphatic carbocycles. The Labute approximate surface area is 114 Å². The monoisotopic (exact) mass is 264 g/mol. The Kier molecular flexibility index (Phi) is 8.95. The minimum atomic E-state index is -0.344. The summed E-state index contributed by atoms with van der Waals surface area (Å²) in [7, 11) is 0. The Hall–Kier alpha value is -1.98. The SMILES string of the molecule is C#CC(=O)N(CC)CCOCCN(CC)C(=O)C#C. The molecule has 0 heterocycles. The molecular weight excluding hydrogens is 244 g/mol. The van der Waals surface area contributed by atoms with Crippen molar-refractivity contribution in [3.63, 3.8) is 0 Å². The third-order valence-corrected chi connectivity index (χ3v) is 2.60. The van der Waals surface area contributed by atoms with Gasteiger partial charge in [0.15, 0.2) is 0 Å². The first-order valence-corrected chi connectivity index (χ1v) is 6.19. The molecule has 0 fully saturated rings. The predicted octanol–water partition coefficient (Wildman–Crippen LogP) is -0.0336. The number of carbonyl (C=O) groups is 2. The number of carbonyl (C=O) groups excluding carboxylic acids is 2. The largest absolute Gasteiger partial charge is 0.378 e. The molecule has 0 spiro atoms. The maximum absolute atomic E-state index is 11.2. The Bertz CT molecular complexity index is 343. The Balaban J connectivity index is 3.87. The number of amides is 2. The molecule has 0 aromatic rings. The fraction of sp³-hybridized carbons (Fsp3) is 0.571. The van der Waals surface area contributed by atoms with Crippen molar-refractivity contribution in [3.8, 4) is 24.7 Å². The van der Waals surface area contributed by atoms with Crippen LogP contribution in [0, 0.1) is 24.7 Å². The van der Waals surface area contributed by atoms with Gasteiger partial charge >= 0.3 is 0 Å². The minimum absolute atomic E-state index is 0.344. The summed E-state index contributed by atoms with van der Waals surface area (Å²) in [5, 5.41) is 0. The molecule has 0 radical (unpaired) electrons. The summed E-state index contributed by atoms with van der Waals surface area (Å²) in [5.41, 5.74) is 0. The van der Waals surface area contributed by atoms with Crippen molar-refractivity contribution in [2.45, 2.75) is 13.8 Å². The standard InChI is InChI=1S/C14H20N2O3/c1-5-13(17)15(7-3)9-11-19-12-10-16(8-4)14(18)6-2/h1-2H,7-12H2,3-4H3. The van der Waals surface area contributed by atoms with Gasteiger partial charge in [-0.1, -0.05) is 0 Å². The lowest BCUT2D eigenvalue weighted by molar-refractivity contribution is -0.125. The van der Waals surface area contributed by atoms with E-state index in [1.807, 2.05) is 13.8 Å². The number of hydrogen-bond donors (Lipinski definition) is 0. The lowest BCUT2D eigenvalue weighted by Crippen LogP contribution is -2.35. The van der Waals surface area contributed by atoms with Crippen molar-refractivity contribution in [1.82, 2.24) is 9.80 Å². The Morgan fingerprint density at radius 2 is 1.32 bits per heavy atom. The van der Waals surface area contributed by atoms with Crippen molar-refractivity contribution < 1.29 is 14.3 Å². The van der Waals surface area contributed by atoms with Crippen LogP contribution in [0.4, 0.5) is 0 Å². The Morgan fingerprint density at radius 3 is 1.58 bits per heavy atom. The molecule has 0 unspecified atom stereocenters. The van der Waals surface area contributed by atoms with Gasteiger partial charge in [0.25, 0.3) is 11.8 Å². The van der Waals surface area contributed by atoms with Gasteiger partial charge in [0.2, 0.25) is 0 Å². The first-order chi connectivity index (χ1) is 9.10. The second kappa shape index (κ2) is 9.99. The minimum Gasteiger partial charge on any atom is -0.378 e. The molecule has 0 bridgehead atoms. The first kappa shape index (κ1) is 17.0. The molecular formula is C14H20N2O3. The van der Waals surface area contributed by atoms with Crippen molar-refractivity contribution in [3.05, 3.63) is 0 Å². The molecule has 19 heavy (non-hydrogen) atoms. The topological polar surface area (TPSA) is 49.9 Å². The maximum atomic E-state index is 11.2. The van der Waals surface area contributed by atoms with Crippen LogP contribution in [0.15, 0.2) is 0 Å². The maximum Gasteiger partial charge on any atom is 0.298 e. The van der Waals surface area contributed by atoms with Gasteiger partial charge in [-0.3, -0.25) is 9.59 Å². The number of rotatable bonds is 8. The lowest BCUT2D eigenvalue weighted by atomic mass is 10.4. The second-order valence-electron chi connectivity index (χ2n) is 3.67. The van der Waals surface area contributed by atoms with Crippen LogP contribution in [-0.4, -0.2) is 61.0 Å². The van der Waals surface area contributed by atoms with Gasteiger partial charge in [0.1, 0.15) is 0 Å². The van der Waals surface area contributed by atoms with Crippen LogP contribution in [-0.2, 0) is 14.3 Å². The zero-order valence-corrected chi connectivity index (χ0v) is 11.5. The quantitative estimate of drug-likeness (QED) is 0.457. The van der Waals surface area contributed by atoms with E-state index in [0.717, 1.165) is 0 Å². The number of likely N-dealkylation sites (N-methyl/N-ethyl adjacent to an activating group) is 2. The molecule has 0 aliphatic heterocycles. The average Bonchev–Trinajstić information content (AvgIpc) is 2.45. The van der Waals surface area contributed by atoms with E-state index in [1.165, 1.54) is 9.80 Å². The highest BCUT2D eigenvalue weighted by atomic mass is 16.5. The molecule has 104 valence electrons. The van der Waals surface area contributed by atoms with E-state index >= 15 is 0 Å². The van der Waals surface area contributed by atoms with Gasteiger partial charge < -0.3 is 14.5 Å². The normalized spacial score (nSPS) is 9.26. The van der Waals surface area contributed by atoms with E-state index in [-0.39, 0.29) is 11.8 Å². The molecule has 0 saturated carbocycles. The molecule has 0 N–H and O–H groups in total. The van der Waals surface area contributed by atoms with Gasteiger partial charge in [-0.05, 0) is 25.7 Å². The molecule has 0 atom stereocenters. The van der Waals surface area contributed by atoms with Crippen molar-refractivity contribution in [2.24, 2.45) is 0 Å². The van der Waals surface area contributed by atoms with E-state index in [2.05, 4.69) is 11.8 Å².